The van der Waals surface area contributed by atoms with E-state index < -0.39 is 0 Å². The average Bonchev–Trinajstić information content (AvgIpc) is 2.55. The van der Waals surface area contributed by atoms with Gasteiger partial charge in [-0.3, -0.25) is 4.79 Å². The molecule has 2 rings (SSSR count). The smallest absolute Gasteiger partial charge is 0.226 e. The second-order valence-electron chi connectivity index (χ2n) is 7.46. The summed E-state index contributed by atoms with van der Waals surface area (Å²) in [5.74, 6) is 0.0223. The molecule has 0 aromatic heterocycles. The summed E-state index contributed by atoms with van der Waals surface area (Å²) in [6, 6.07) is 16.2. The molecule has 4 nitrogen and oxygen atoms in total. The average molecular weight is 339 g/mol. The van der Waals surface area contributed by atoms with Gasteiger partial charge in [-0.05, 0) is 41.3 Å². The predicted molar refractivity (Wildman–Crippen MR) is 108 cm³/mol. The first kappa shape index (κ1) is 18.8. The molecule has 0 atom stereocenters. The zero-order chi connectivity index (χ0) is 18.4. The maximum atomic E-state index is 12.3. The van der Waals surface area contributed by atoms with Crippen molar-refractivity contribution in [2.75, 3.05) is 36.2 Å². The van der Waals surface area contributed by atoms with Crippen LogP contribution in [0.15, 0.2) is 48.5 Å². The zero-order valence-corrected chi connectivity index (χ0v) is 15.9. The summed E-state index contributed by atoms with van der Waals surface area (Å²) in [7, 11) is 4.03. The molecule has 1 amide bonds. The number of hydrogen-bond donors (Lipinski definition) is 2. The Morgan fingerprint density at radius 1 is 1.00 bits per heavy atom. The van der Waals surface area contributed by atoms with Crippen LogP contribution in [0.4, 0.5) is 17.1 Å². The molecule has 0 aliphatic carbocycles. The van der Waals surface area contributed by atoms with Crippen molar-refractivity contribution < 1.29 is 4.79 Å². The number of amides is 1. The van der Waals surface area contributed by atoms with Crippen LogP contribution in [0.2, 0.25) is 0 Å². The molecule has 0 radical (unpaired) electrons. The van der Waals surface area contributed by atoms with Crippen LogP contribution in [0.3, 0.4) is 0 Å². The summed E-state index contributed by atoms with van der Waals surface area (Å²) in [6.07, 6.45) is 0.425. The normalized spacial score (nSPS) is 11.1. The number of carbonyl (C=O) groups excluding carboxylic acids is 1. The van der Waals surface area contributed by atoms with Gasteiger partial charge >= 0.3 is 0 Å². The van der Waals surface area contributed by atoms with Crippen molar-refractivity contribution in [3.63, 3.8) is 0 Å². The van der Waals surface area contributed by atoms with E-state index in [1.165, 1.54) is 0 Å². The molecule has 0 heterocycles. The van der Waals surface area contributed by atoms with E-state index in [1.807, 2.05) is 44.4 Å². The molecule has 0 fully saturated rings. The van der Waals surface area contributed by atoms with Crippen LogP contribution in [0.25, 0.3) is 0 Å². The zero-order valence-electron chi connectivity index (χ0n) is 15.9. The summed E-state index contributed by atoms with van der Waals surface area (Å²) in [5, 5.41) is 6.33. The van der Waals surface area contributed by atoms with Crippen molar-refractivity contribution in [2.45, 2.75) is 32.6 Å². The minimum absolute atomic E-state index is 0.00366. The lowest BCUT2D eigenvalue weighted by molar-refractivity contribution is -0.115. The van der Waals surface area contributed by atoms with Crippen molar-refractivity contribution >= 4 is 23.0 Å². The Labute approximate surface area is 151 Å². The summed E-state index contributed by atoms with van der Waals surface area (Å²) >= 11 is 0. The standard InChI is InChI=1S/C21H29N3O/c1-21(2,3)18-8-6-7-9-19(18)23-20(25)14-15-22-16-10-12-17(13-11-16)24(4)5/h6-13,22H,14-15H2,1-5H3,(H,23,25). The molecule has 134 valence electrons. The highest BCUT2D eigenvalue weighted by molar-refractivity contribution is 5.92. The summed E-state index contributed by atoms with van der Waals surface area (Å²) in [5.41, 5.74) is 4.22. The van der Waals surface area contributed by atoms with Crippen LogP contribution < -0.4 is 15.5 Å². The van der Waals surface area contributed by atoms with Crippen molar-refractivity contribution in [3.8, 4) is 0 Å². The number of anilines is 3. The number of hydrogen-bond acceptors (Lipinski definition) is 3. The second kappa shape index (κ2) is 8.06. The van der Waals surface area contributed by atoms with Crippen molar-refractivity contribution in [2.24, 2.45) is 0 Å². The fourth-order valence-electron chi connectivity index (χ4n) is 2.66. The highest BCUT2D eigenvalue weighted by atomic mass is 16.1. The van der Waals surface area contributed by atoms with Crippen LogP contribution in [-0.2, 0) is 10.2 Å². The minimum Gasteiger partial charge on any atom is -0.385 e. The Kier molecular flexibility index (Phi) is 6.07. The molecule has 0 bridgehead atoms. The van der Waals surface area contributed by atoms with E-state index in [1.54, 1.807) is 0 Å². The maximum Gasteiger partial charge on any atom is 0.226 e. The molecule has 0 saturated heterocycles. The summed E-state index contributed by atoms with van der Waals surface area (Å²) in [4.78, 5) is 14.3. The van der Waals surface area contributed by atoms with Gasteiger partial charge in [0.25, 0.3) is 0 Å². The number of nitrogens with zero attached hydrogens (tertiary/aromatic N) is 1. The molecular weight excluding hydrogens is 310 g/mol. The van der Waals surface area contributed by atoms with E-state index in [9.17, 15) is 4.79 Å². The van der Waals surface area contributed by atoms with Gasteiger partial charge in [-0.2, -0.15) is 0 Å². The summed E-state index contributed by atoms with van der Waals surface area (Å²) in [6.45, 7) is 7.05. The lowest BCUT2D eigenvalue weighted by Crippen LogP contribution is -2.20. The molecule has 2 aromatic rings. The van der Waals surface area contributed by atoms with Gasteiger partial charge in [0.05, 0.1) is 0 Å². The van der Waals surface area contributed by atoms with Crippen LogP contribution in [0.1, 0.15) is 32.8 Å². The van der Waals surface area contributed by atoms with Crippen LogP contribution in [-0.4, -0.2) is 26.5 Å². The molecule has 0 saturated carbocycles. The minimum atomic E-state index is -0.00366. The quantitative estimate of drug-likeness (QED) is 0.815. The van der Waals surface area contributed by atoms with E-state index >= 15 is 0 Å². The van der Waals surface area contributed by atoms with Crippen LogP contribution in [0.5, 0.6) is 0 Å². The molecule has 0 spiro atoms. The van der Waals surface area contributed by atoms with Crippen molar-refractivity contribution in [1.29, 1.82) is 0 Å². The maximum absolute atomic E-state index is 12.3. The number of rotatable bonds is 6. The lowest BCUT2D eigenvalue weighted by Gasteiger charge is -2.23. The van der Waals surface area contributed by atoms with E-state index in [4.69, 9.17) is 0 Å². The largest absolute Gasteiger partial charge is 0.385 e. The Balaban J connectivity index is 1.87. The van der Waals surface area contributed by atoms with Gasteiger partial charge in [0.1, 0.15) is 0 Å². The van der Waals surface area contributed by atoms with Gasteiger partial charge in [-0.1, -0.05) is 39.0 Å². The highest BCUT2D eigenvalue weighted by Crippen LogP contribution is 2.29. The van der Waals surface area contributed by atoms with Crippen LogP contribution >= 0.6 is 0 Å². The number of benzene rings is 2. The Hall–Kier alpha value is -2.49. The highest BCUT2D eigenvalue weighted by Gasteiger charge is 2.18. The van der Waals surface area contributed by atoms with Gasteiger partial charge in [-0.25, -0.2) is 0 Å². The third-order valence-corrected chi connectivity index (χ3v) is 4.07. The third kappa shape index (κ3) is 5.52. The lowest BCUT2D eigenvalue weighted by atomic mass is 9.86. The molecule has 0 aliphatic rings. The Morgan fingerprint density at radius 3 is 2.24 bits per heavy atom. The molecule has 2 N–H and O–H groups in total. The number of para-hydroxylation sites is 1. The van der Waals surface area contributed by atoms with E-state index in [0.717, 1.165) is 22.6 Å². The first-order chi connectivity index (χ1) is 11.8. The fraction of sp³-hybridized carbons (Fsp3) is 0.381. The van der Waals surface area contributed by atoms with Gasteiger partial charge in [0, 0.05) is 44.1 Å². The number of carbonyl (C=O) groups is 1. The van der Waals surface area contributed by atoms with Crippen molar-refractivity contribution in [1.82, 2.24) is 0 Å². The molecule has 0 unspecified atom stereocenters. The third-order valence-electron chi connectivity index (χ3n) is 4.07. The topological polar surface area (TPSA) is 44.4 Å². The first-order valence-electron chi connectivity index (χ1n) is 8.68. The van der Waals surface area contributed by atoms with Crippen LogP contribution in [0, 0.1) is 0 Å². The molecule has 0 aliphatic heterocycles. The fourth-order valence-corrected chi connectivity index (χ4v) is 2.66. The SMILES string of the molecule is CN(C)c1ccc(NCCC(=O)Nc2ccccc2C(C)(C)C)cc1. The van der Waals surface area contributed by atoms with Gasteiger partial charge < -0.3 is 15.5 Å². The van der Waals surface area contributed by atoms with Gasteiger partial charge in [-0.15, -0.1) is 0 Å². The monoisotopic (exact) mass is 339 g/mol. The van der Waals surface area contributed by atoms with Gasteiger partial charge in [0.15, 0.2) is 0 Å². The van der Waals surface area contributed by atoms with E-state index in [-0.39, 0.29) is 11.3 Å². The van der Waals surface area contributed by atoms with Gasteiger partial charge in [0.2, 0.25) is 5.91 Å². The molecular formula is C21H29N3O. The Bertz CT molecular complexity index is 700. The second-order valence-corrected chi connectivity index (χ2v) is 7.46. The Morgan fingerprint density at radius 2 is 1.64 bits per heavy atom. The van der Waals surface area contributed by atoms with E-state index in [0.29, 0.717) is 13.0 Å². The first-order valence-corrected chi connectivity index (χ1v) is 8.68. The molecule has 25 heavy (non-hydrogen) atoms. The van der Waals surface area contributed by atoms with E-state index in [2.05, 4.69) is 54.5 Å². The molecule has 2 aromatic carbocycles. The van der Waals surface area contributed by atoms with Crippen molar-refractivity contribution in [3.05, 3.63) is 54.1 Å². The molecule has 4 heteroatoms. The number of nitrogens with one attached hydrogen (secondary N) is 2. The summed E-state index contributed by atoms with van der Waals surface area (Å²) < 4.78 is 0. The predicted octanol–water partition coefficient (Wildman–Crippen LogP) is 4.49.